The van der Waals surface area contributed by atoms with Gasteiger partial charge in [0.05, 0.1) is 0 Å². The molecule has 0 saturated carbocycles. The van der Waals surface area contributed by atoms with Gasteiger partial charge in [0.2, 0.25) is 0 Å². The van der Waals surface area contributed by atoms with Gasteiger partial charge in [0.1, 0.15) is 5.82 Å². The summed E-state index contributed by atoms with van der Waals surface area (Å²) in [6.07, 6.45) is 0. The van der Waals surface area contributed by atoms with Crippen LogP contribution < -0.4 is 11.1 Å². The maximum atomic E-state index is 13.3. The van der Waals surface area contributed by atoms with Crippen LogP contribution in [-0.4, -0.2) is 6.54 Å². The number of nitrogens with two attached hydrogens (primary N) is 1. The molecule has 0 heterocycles. The largest absolute Gasteiger partial charge is 0.329 e. The molecule has 2 unspecified atom stereocenters. The molecule has 2 aromatic carbocycles. The first-order chi connectivity index (χ1) is 9.20. The van der Waals surface area contributed by atoms with Crippen LogP contribution in [0, 0.1) is 5.82 Å². The second kappa shape index (κ2) is 6.45. The van der Waals surface area contributed by atoms with Crippen molar-refractivity contribution >= 4 is 0 Å². The van der Waals surface area contributed by atoms with E-state index in [9.17, 15) is 4.39 Å². The highest BCUT2D eigenvalue weighted by atomic mass is 19.1. The third-order valence-corrected chi connectivity index (χ3v) is 3.24. The van der Waals surface area contributed by atoms with E-state index in [1.54, 1.807) is 6.07 Å². The van der Waals surface area contributed by atoms with E-state index in [0.29, 0.717) is 6.54 Å². The van der Waals surface area contributed by atoms with E-state index >= 15 is 0 Å². The molecule has 0 saturated heterocycles. The van der Waals surface area contributed by atoms with E-state index in [1.165, 1.54) is 17.7 Å². The van der Waals surface area contributed by atoms with Gasteiger partial charge in [0.15, 0.2) is 0 Å². The van der Waals surface area contributed by atoms with Crippen LogP contribution in [0.5, 0.6) is 0 Å². The van der Waals surface area contributed by atoms with Crippen molar-refractivity contribution in [3.8, 4) is 0 Å². The maximum absolute atomic E-state index is 13.3. The molecule has 0 spiro atoms. The zero-order valence-electron chi connectivity index (χ0n) is 11.0. The van der Waals surface area contributed by atoms with Gasteiger partial charge in [0.25, 0.3) is 0 Å². The summed E-state index contributed by atoms with van der Waals surface area (Å²) in [5.74, 6) is -0.231. The van der Waals surface area contributed by atoms with Crippen molar-refractivity contribution in [1.82, 2.24) is 5.32 Å². The zero-order valence-corrected chi connectivity index (χ0v) is 11.0. The van der Waals surface area contributed by atoms with Gasteiger partial charge in [-0.1, -0.05) is 42.5 Å². The summed E-state index contributed by atoms with van der Waals surface area (Å²) in [4.78, 5) is 0. The predicted molar refractivity (Wildman–Crippen MR) is 76.2 cm³/mol. The van der Waals surface area contributed by atoms with Crippen LogP contribution in [0.3, 0.4) is 0 Å². The molecule has 0 bridgehead atoms. The summed E-state index contributed by atoms with van der Waals surface area (Å²) in [6, 6.07) is 16.8. The van der Waals surface area contributed by atoms with E-state index in [0.717, 1.165) is 5.56 Å². The molecular formula is C16H19FN2. The fraction of sp³-hybridized carbons (Fsp3) is 0.250. The van der Waals surface area contributed by atoms with Crippen LogP contribution in [0.25, 0.3) is 0 Å². The Morgan fingerprint density at radius 1 is 1.05 bits per heavy atom. The topological polar surface area (TPSA) is 38.0 Å². The third kappa shape index (κ3) is 3.63. The molecule has 0 radical (unpaired) electrons. The Morgan fingerprint density at radius 2 is 1.74 bits per heavy atom. The minimum atomic E-state index is -0.231. The lowest BCUT2D eigenvalue weighted by atomic mass is 10.0. The summed E-state index contributed by atoms with van der Waals surface area (Å²) in [6.45, 7) is 2.51. The number of benzene rings is 2. The van der Waals surface area contributed by atoms with Crippen molar-refractivity contribution in [3.05, 3.63) is 71.5 Å². The predicted octanol–water partition coefficient (Wildman–Crippen LogP) is 3.18. The van der Waals surface area contributed by atoms with Crippen LogP contribution in [-0.2, 0) is 0 Å². The lowest BCUT2D eigenvalue weighted by Crippen LogP contribution is -2.30. The van der Waals surface area contributed by atoms with Crippen molar-refractivity contribution in [1.29, 1.82) is 0 Å². The molecule has 19 heavy (non-hydrogen) atoms. The van der Waals surface area contributed by atoms with Gasteiger partial charge in [-0.3, -0.25) is 0 Å². The third-order valence-electron chi connectivity index (χ3n) is 3.24. The Bertz CT molecular complexity index is 513. The van der Waals surface area contributed by atoms with Crippen LogP contribution in [0.1, 0.15) is 30.1 Å². The fourth-order valence-electron chi connectivity index (χ4n) is 2.16. The SMILES string of the molecule is CC(NC(CN)c1cccc(F)c1)c1ccccc1. The van der Waals surface area contributed by atoms with E-state index in [2.05, 4.69) is 24.4 Å². The van der Waals surface area contributed by atoms with Crippen molar-refractivity contribution in [2.24, 2.45) is 5.73 Å². The van der Waals surface area contributed by atoms with Crippen molar-refractivity contribution in [2.75, 3.05) is 6.54 Å². The Kier molecular flexibility index (Phi) is 4.66. The molecule has 0 aliphatic heterocycles. The molecule has 2 rings (SSSR count). The molecule has 0 aromatic heterocycles. The van der Waals surface area contributed by atoms with Crippen LogP contribution in [0.2, 0.25) is 0 Å². The highest BCUT2D eigenvalue weighted by Gasteiger charge is 2.14. The fourth-order valence-corrected chi connectivity index (χ4v) is 2.16. The van der Waals surface area contributed by atoms with E-state index in [-0.39, 0.29) is 17.9 Å². The molecule has 0 fully saturated rings. The molecule has 0 aliphatic carbocycles. The summed E-state index contributed by atoms with van der Waals surface area (Å²) >= 11 is 0. The maximum Gasteiger partial charge on any atom is 0.123 e. The number of rotatable bonds is 5. The van der Waals surface area contributed by atoms with Gasteiger partial charge in [-0.05, 0) is 30.2 Å². The molecule has 3 heteroatoms. The van der Waals surface area contributed by atoms with Crippen molar-refractivity contribution in [3.63, 3.8) is 0 Å². The lowest BCUT2D eigenvalue weighted by molar-refractivity contribution is 0.471. The van der Waals surface area contributed by atoms with E-state index in [4.69, 9.17) is 5.73 Å². The Balaban J connectivity index is 2.11. The van der Waals surface area contributed by atoms with Crippen LogP contribution >= 0.6 is 0 Å². The van der Waals surface area contributed by atoms with Gasteiger partial charge in [-0.2, -0.15) is 0 Å². The van der Waals surface area contributed by atoms with Gasteiger partial charge >= 0.3 is 0 Å². The average molecular weight is 258 g/mol. The first-order valence-corrected chi connectivity index (χ1v) is 6.47. The van der Waals surface area contributed by atoms with Crippen LogP contribution in [0.4, 0.5) is 4.39 Å². The summed E-state index contributed by atoms with van der Waals surface area (Å²) < 4.78 is 13.3. The normalized spacial score (nSPS) is 14.1. The molecule has 2 aromatic rings. The van der Waals surface area contributed by atoms with Crippen LogP contribution in [0.15, 0.2) is 54.6 Å². The van der Waals surface area contributed by atoms with Gasteiger partial charge in [-0.15, -0.1) is 0 Å². The van der Waals surface area contributed by atoms with Gasteiger partial charge in [0, 0.05) is 18.6 Å². The molecule has 100 valence electrons. The summed E-state index contributed by atoms with van der Waals surface area (Å²) in [5.41, 5.74) is 7.87. The second-order valence-corrected chi connectivity index (χ2v) is 4.64. The van der Waals surface area contributed by atoms with Crippen molar-refractivity contribution < 1.29 is 4.39 Å². The lowest BCUT2D eigenvalue weighted by Gasteiger charge is -2.23. The number of hydrogen-bond acceptors (Lipinski definition) is 2. The minimum Gasteiger partial charge on any atom is -0.329 e. The first-order valence-electron chi connectivity index (χ1n) is 6.47. The Labute approximate surface area is 113 Å². The van der Waals surface area contributed by atoms with E-state index in [1.807, 2.05) is 24.3 Å². The smallest absolute Gasteiger partial charge is 0.123 e. The van der Waals surface area contributed by atoms with E-state index < -0.39 is 0 Å². The molecule has 2 nitrogen and oxygen atoms in total. The zero-order chi connectivity index (χ0) is 13.7. The molecule has 2 atom stereocenters. The Morgan fingerprint density at radius 3 is 2.37 bits per heavy atom. The number of nitrogens with one attached hydrogen (secondary N) is 1. The minimum absolute atomic E-state index is 0.0501. The molecule has 3 N–H and O–H groups in total. The standard InChI is InChI=1S/C16H19FN2/c1-12(13-6-3-2-4-7-13)19-16(11-18)14-8-5-9-15(17)10-14/h2-10,12,16,19H,11,18H2,1H3. The quantitative estimate of drug-likeness (QED) is 0.864. The van der Waals surface area contributed by atoms with Crippen molar-refractivity contribution in [2.45, 2.75) is 19.0 Å². The Hall–Kier alpha value is -1.71. The molecule has 0 amide bonds. The highest BCUT2D eigenvalue weighted by molar-refractivity contribution is 5.23. The average Bonchev–Trinajstić information content (AvgIpc) is 2.45. The van der Waals surface area contributed by atoms with Gasteiger partial charge < -0.3 is 11.1 Å². The monoisotopic (exact) mass is 258 g/mol. The highest BCUT2D eigenvalue weighted by Crippen LogP contribution is 2.19. The number of hydrogen-bond donors (Lipinski definition) is 2. The number of halogens is 1. The second-order valence-electron chi connectivity index (χ2n) is 4.64. The summed E-state index contributed by atoms with van der Waals surface area (Å²) in [5, 5.41) is 3.43. The summed E-state index contributed by atoms with van der Waals surface area (Å²) in [7, 11) is 0. The first kappa shape index (κ1) is 13.7. The molecule has 0 aliphatic rings. The molecular weight excluding hydrogens is 239 g/mol. The van der Waals surface area contributed by atoms with Gasteiger partial charge in [-0.25, -0.2) is 4.39 Å².